The molecule has 0 spiro atoms. The zero-order chi connectivity index (χ0) is 15.4. The lowest BCUT2D eigenvalue weighted by molar-refractivity contribution is 0.00578. The fourth-order valence-electron chi connectivity index (χ4n) is 2.39. The van der Waals surface area contributed by atoms with Crippen LogP contribution in [0.25, 0.3) is 10.9 Å². The molecule has 0 saturated carbocycles. The van der Waals surface area contributed by atoms with E-state index < -0.39 is 24.3 Å². The number of aromatic carboxylic acids is 1. The smallest absolute Gasteiger partial charge is 0.477 e. The predicted molar refractivity (Wildman–Crippen MR) is 81.0 cm³/mol. The van der Waals surface area contributed by atoms with Crippen LogP contribution in [0.1, 0.15) is 38.2 Å². The number of aromatic nitrogens is 1. The van der Waals surface area contributed by atoms with Gasteiger partial charge in [-0.3, -0.25) is 0 Å². The van der Waals surface area contributed by atoms with E-state index in [1.807, 2.05) is 45.9 Å². The van der Waals surface area contributed by atoms with Crippen LogP contribution in [0.5, 0.6) is 0 Å². The molecule has 0 atom stereocenters. The van der Waals surface area contributed by atoms with Crippen molar-refractivity contribution in [3.63, 3.8) is 0 Å². The van der Waals surface area contributed by atoms with Crippen molar-refractivity contribution >= 4 is 29.5 Å². The molecule has 6 heteroatoms. The molecule has 1 aromatic carbocycles. The first kappa shape index (κ1) is 14.2. The molecule has 5 nitrogen and oxygen atoms in total. The van der Waals surface area contributed by atoms with Crippen molar-refractivity contribution in [3.05, 3.63) is 30.0 Å². The van der Waals surface area contributed by atoms with Gasteiger partial charge < -0.3 is 19.4 Å². The molecule has 0 amide bonds. The maximum atomic E-state index is 11.0. The molecule has 0 unspecified atom stereocenters. The van der Waals surface area contributed by atoms with Gasteiger partial charge in [0.2, 0.25) is 0 Å². The number of nitrogens with one attached hydrogen (secondary N) is 1. The van der Waals surface area contributed by atoms with Crippen molar-refractivity contribution in [3.8, 4) is 0 Å². The second-order valence-electron chi connectivity index (χ2n) is 6.42. The number of H-pyrrole nitrogens is 1. The molecule has 2 N–H and O–H groups in total. The van der Waals surface area contributed by atoms with Crippen molar-refractivity contribution in [2.75, 3.05) is 0 Å². The Labute approximate surface area is 123 Å². The second-order valence-corrected chi connectivity index (χ2v) is 6.42. The number of carboxylic acid groups (broad SMARTS) is 1. The van der Waals surface area contributed by atoms with Gasteiger partial charge in [-0.1, -0.05) is 12.1 Å². The average molecular weight is 287 g/mol. The molecule has 1 aromatic heterocycles. The van der Waals surface area contributed by atoms with E-state index in [4.69, 9.17) is 14.4 Å². The van der Waals surface area contributed by atoms with Gasteiger partial charge in [0.15, 0.2) is 0 Å². The summed E-state index contributed by atoms with van der Waals surface area (Å²) >= 11 is 0. The quantitative estimate of drug-likeness (QED) is 0.830. The van der Waals surface area contributed by atoms with Crippen molar-refractivity contribution in [1.82, 2.24) is 4.98 Å². The summed E-state index contributed by atoms with van der Waals surface area (Å²) in [7, 11) is -0.448. The molecule has 2 aromatic rings. The standard InChI is InChI=1S/C15H18BNO4/c1-14(2)15(3,4)21-16(20-14)10-6-5-9-7-12(13(18)19)17-11(9)8-10/h5-8,17H,1-4H3,(H,18,19). The zero-order valence-electron chi connectivity index (χ0n) is 12.6. The predicted octanol–water partition coefficient (Wildman–Crippen LogP) is 2.17. The number of aromatic amines is 1. The molecule has 1 aliphatic rings. The normalized spacial score (nSPS) is 20.1. The highest BCUT2D eigenvalue weighted by Crippen LogP contribution is 2.36. The zero-order valence-corrected chi connectivity index (χ0v) is 12.6. The van der Waals surface area contributed by atoms with Gasteiger partial charge >= 0.3 is 13.1 Å². The fraction of sp³-hybridized carbons (Fsp3) is 0.400. The first-order valence-electron chi connectivity index (χ1n) is 6.91. The van der Waals surface area contributed by atoms with E-state index in [1.54, 1.807) is 6.07 Å². The van der Waals surface area contributed by atoms with Crippen LogP contribution in [0.2, 0.25) is 0 Å². The van der Waals surface area contributed by atoms with Crippen LogP contribution in [-0.2, 0) is 9.31 Å². The maximum absolute atomic E-state index is 11.0. The van der Waals surface area contributed by atoms with Crippen molar-refractivity contribution in [1.29, 1.82) is 0 Å². The van der Waals surface area contributed by atoms with E-state index >= 15 is 0 Å². The number of carbonyl (C=O) groups is 1. The van der Waals surface area contributed by atoms with Crippen molar-refractivity contribution in [2.24, 2.45) is 0 Å². The van der Waals surface area contributed by atoms with E-state index in [9.17, 15) is 4.79 Å². The van der Waals surface area contributed by atoms with Gasteiger partial charge in [-0.2, -0.15) is 0 Å². The van der Waals surface area contributed by atoms with Gasteiger partial charge in [0.25, 0.3) is 0 Å². The Hall–Kier alpha value is -1.79. The summed E-state index contributed by atoms with van der Waals surface area (Å²) in [5.74, 6) is -0.969. The number of hydrogen-bond acceptors (Lipinski definition) is 3. The Morgan fingerprint density at radius 3 is 2.33 bits per heavy atom. The number of rotatable bonds is 2. The summed E-state index contributed by atoms with van der Waals surface area (Å²) in [6.07, 6.45) is 0. The molecule has 21 heavy (non-hydrogen) atoms. The van der Waals surface area contributed by atoms with Crippen LogP contribution >= 0.6 is 0 Å². The third kappa shape index (κ3) is 2.24. The topological polar surface area (TPSA) is 71.5 Å². The van der Waals surface area contributed by atoms with Gasteiger partial charge in [-0.05, 0) is 45.3 Å². The highest BCUT2D eigenvalue weighted by atomic mass is 16.7. The lowest BCUT2D eigenvalue weighted by Gasteiger charge is -2.32. The molecule has 2 heterocycles. The summed E-state index contributed by atoms with van der Waals surface area (Å²) in [5, 5.41) is 9.88. The summed E-state index contributed by atoms with van der Waals surface area (Å²) in [4.78, 5) is 13.9. The minimum atomic E-state index is -0.969. The monoisotopic (exact) mass is 287 g/mol. The molecule has 0 bridgehead atoms. The van der Waals surface area contributed by atoms with E-state index in [1.165, 1.54) is 0 Å². The van der Waals surface area contributed by atoms with Crippen molar-refractivity contribution < 1.29 is 19.2 Å². The van der Waals surface area contributed by atoms with E-state index in [2.05, 4.69) is 4.98 Å². The van der Waals surface area contributed by atoms with Crippen molar-refractivity contribution in [2.45, 2.75) is 38.9 Å². The average Bonchev–Trinajstić information content (AvgIpc) is 2.88. The highest BCUT2D eigenvalue weighted by molar-refractivity contribution is 6.62. The largest absolute Gasteiger partial charge is 0.494 e. The fourth-order valence-corrected chi connectivity index (χ4v) is 2.39. The third-order valence-corrected chi connectivity index (χ3v) is 4.40. The highest BCUT2D eigenvalue weighted by Gasteiger charge is 2.51. The minimum Gasteiger partial charge on any atom is -0.477 e. The molecular formula is C15H18BNO4. The Kier molecular flexibility index (Phi) is 2.94. The summed E-state index contributed by atoms with van der Waals surface area (Å²) in [5.41, 5.74) is 1.03. The van der Waals surface area contributed by atoms with Crippen LogP contribution in [0.15, 0.2) is 24.3 Å². The lowest BCUT2D eigenvalue weighted by Crippen LogP contribution is -2.41. The van der Waals surface area contributed by atoms with Gasteiger partial charge in [0, 0.05) is 10.9 Å². The molecule has 1 aliphatic heterocycles. The van der Waals surface area contributed by atoms with Crippen LogP contribution < -0.4 is 5.46 Å². The Balaban J connectivity index is 1.97. The molecule has 0 radical (unpaired) electrons. The molecule has 3 rings (SSSR count). The molecule has 0 aliphatic carbocycles. The Morgan fingerprint density at radius 2 is 1.76 bits per heavy atom. The number of fused-ring (bicyclic) bond motifs is 1. The summed E-state index contributed by atoms with van der Waals surface area (Å²) < 4.78 is 12.0. The molecule has 1 fully saturated rings. The van der Waals surface area contributed by atoms with Gasteiger partial charge in [-0.25, -0.2) is 4.79 Å². The van der Waals surface area contributed by atoms with Gasteiger partial charge in [0.05, 0.1) is 11.2 Å². The first-order valence-corrected chi connectivity index (χ1v) is 6.91. The Morgan fingerprint density at radius 1 is 1.14 bits per heavy atom. The molecule has 110 valence electrons. The first-order chi connectivity index (χ1) is 9.69. The summed E-state index contributed by atoms with van der Waals surface area (Å²) in [6, 6.07) is 7.28. The SMILES string of the molecule is CC1(C)OB(c2ccc3cc(C(=O)O)[nH]c3c2)OC1(C)C. The van der Waals surface area contributed by atoms with Crippen LogP contribution in [0.3, 0.4) is 0 Å². The van der Waals surface area contributed by atoms with Crippen LogP contribution in [-0.4, -0.2) is 34.4 Å². The Bertz CT molecular complexity index is 704. The van der Waals surface area contributed by atoms with E-state index in [-0.39, 0.29) is 5.69 Å². The third-order valence-electron chi connectivity index (χ3n) is 4.40. The van der Waals surface area contributed by atoms with E-state index in [0.29, 0.717) is 0 Å². The summed E-state index contributed by atoms with van der Waals surface area (Å²) in [6.45, 7) is 8.01. The minimum absolute atomic E-state index is 0.177. The number of hydrogen-bond donors (Lipinski definition) is 2. The second kappa shape index (κ2) is 4.35. The number of carboxylic acids is 1. The molecule has 1 saturated heterocycles. The van der Waals surface area contributed by atoms with Crippen LogP contribution in [0.4, 0.5) is 0 Å². The number of benzene rings is 1. The lowest BCUT2D eigenvalue weighted by atomic mass is 9.79. The van der Waals surface area contributed by atoms with Gasteiger partial charge in [-0.15, -0.1) is 0 Å². The maximum Gasteiger partial charge on any atom is 0.494 e. The van der Waals surface area contributed by atoms with Gasteiger partial charge in [0.1, 0.15) is 5.69 Å². The molecular weight excluding hydrogens is 269 g/mol. The van der Waals surface area contributed by atoms with Crippen LogP contribution in [0, 0.1) is 0 Å². The van der Waals surface area contributed by atoms with E-state index in [0.717, 1.165) is 16.4 Å².